The summed E-state index contributed by atoms with van der Waals surface area (Å²) in [7, 11) is 0. The summed E-state index contributed by atoms with van der Waals surface area (Å²) in [6.45, 7) is 0.915. The lowest BCUT2D eigenvalue weighted by atomic mass is 9.95. The Labute approximate surface area is 157 Å². The zero-order chi connectivity index (χ0) is 19.2. The normalized spacial score (nSPS) is 15.1. The fourth-order valence-electron chi connectivity index (χ4n) is 3.05. The number of benzene rings is 2. The summed E-state index contributed by atoms with van der Waals surface area (Å²) in [5.41, 5.74) is 0.747. The van der Waals surface area contributed by atoms with Crippen LogP contribution in [-0.4, -0.2) is 34.9 Å². The number of piperidine rings is 1. The molecule has 27 heavy (non-hydrogen) atoms. The zero-order valence-corrected chi connectivity index (χ0v) is 14.8. The van der Waals surface area contributed by atoms with Crippen molar-refractivity contribution in [3.8, 4) is 5.75 Å². The largest absolute Gasteiger partial charge is 0.506 e. The van der Waals surface area contributed by atoms with Gasteiger partial charge in [-0.1, -0.05) is 30.3 Å². The average molecular weight is 368 g/mol. The minimum Gasteiger partial charge on any atom is -0.506 e. The lowest BCUT2D eigenvalue weighted by Gasteiger charge is -2.30. The first-order valence-corrected chi connectivity index (χ1v) is 8.85. The fourth-order valence-corrected chi connectivity index (χ4v) is 3.05. The van der Waals surface area contributed by atoms with Gasteiger partial charge in [0, 0.05) is 30.6 Å². The van der Waals surface area contributed by atoms with E-state index in [1.807, 2.05) is 0 Å². The van der Waals surface area contributed by atoms with Crippen LogP contribution in [0.15, 0.2) is 54.6 Å². The van der Waals surface area contributed by atoms with Crippen LogP contribution in [0.4, 0.5) is 10.1 Å². The maximum Gasteiger partial charge on any atom is 0.246 e. The maximum absolute atomic E-state index is 13.6. The number of carbonyl (C=O) groups excluding carboxylic acids is 2. The molecule has 0 saturated carbocycles. The smallest absolute Gasteiger partial charge is 0.246 e. The molecule has 5 nitrogen and oxygen atoms in total. The van der Waals surface area contributed by atoms with Crippen molar-refractivity contribution in [2.45, 2.75) is 12.8 Å². The highest BCUT2D eigenvalue weighted by molar-refractivity contribution is 5.95. The van der Waals surface area contributed by atoms with Crippen molar-refractivity contribution < 1.29 is 19.1 Å². The second-order valence-corrected chi connectivity index (χ2v) is 6.46. The summed E-state index contributed by atoms with van der Waals surface area (Å²) >= 11 is 0. The second-order valence-electron chi connectivity index (χ2n) is 6.46. The number of hydrogen-bond acceptors (Lipinski definition) is 3. The Morgan fingerprint density at radius 1 is 1.07 bits per heavy atom. The van der Waals surface area contributed by atoms with Crippen LogP contribution >= 0.6 is 0 Å². The van der Waals surface area contributed by atoms with E-state index in [2.05, 4.69) is 5.32 Å². The number of nitrogens with zero attached hydrogens (tertiary/aromatic N) is 1. The Bertz CT molecular complexity index is 858. The topological polar surface area (TPSA) is 69.6 Å². The van der Waals surface area contributed by atoms with E-state index in [4.69, 9.17) is 0 Å². The van der Waals surface area contributed by atoms with Crippen molar-refractivity contribution in [3.05, 3.63) is 66.0 Å². The fraction of sp³-hybridized carbons (Fsp3) is 0.238. The number of nitrogens with one attached hydrogen (secondary N) is 1. The van der Waals surface area contributed by atoms with Crippen LogP contribution in [-0.2, 0) is 9.59 Å². The summed E-state index contributed by atoms with van der Waals surface area (Å²) in [6.07, 6.45) is 3.91. The third-order valence-corrected chi connectivity index (χ3v) is 4.65. The van der Waals surface area contributed by atoms with Crippen LogP contribution in [0.1, 0.15) is 18.4 Å². The molecule has 0 atom stereocenters. The number of hydrogen-bond donors (Lipinski definition) is 2. The number of halogens is 1. The van der Waals surface area contributed by atoms with Crippen LogP contribution in [0.2, 0.25) is 0 Å². The Morgan fingerprint density at radius 2 is 1.74 bits per heavy atom. The zero-order valence-electron chi connectivity index (χ0n) is 14.8. The number of likely N-dealkylation sites (tertiary alicyclic amines) is 1. The number of carbonyl (C=O) groups is 2. The Hall–Kier alpha value is -3.15. The van der Waals surface area contributed by atoms with Crippen LogP contribution in [0, 0.1) is 11.7 Å². The molecule has 0 bridgehead atoms. The standard InChI is InChI=1S/C21H21FN2O3/c22-17-6-2-1-5-15(17)9-10-20(26)24-13-11-16(12-14-24)21(27)23-18-7-3-4-8-19(18)25/h1-10,16,25H,11-14H2,(H,23,27)/b10-9+. The molecule has 0 aromatic heterocycles. The summed E-state index contributed by atoms with van der Waals surface area (Å²) in [4.78, 5) is 26.3. The summed E-state index contributed by atoms with van der Waals surface area (Å²) in [5.74, 6) is -0.926. The quantitative estimate of drug-likeness (QED) is 0.642. The van der Waals surface area contributed by atoms with Gasteiger partial charge in [-0.25, -0.2) is 4.39 Å². The highest BCUT2D eigenvalue weighted by atomic mass is 19.1. The van der Waals surface area contributed by atoms with Gasteiger partial charge >= 0.3 is 0 Å². The van der Waals surface area contributed by atoms with Gasteiger partial charge in [0.1, 0.15) is 11.6 Å². The molecule has 2 N–H and O–H groups in total. The first kappa shape index (κ1) is 18.6. The number of anilines is 1. The first-order chi connectivity index (χ1) is 13.0. The molecule has 2 amide bonds. The van der Waals surface area contributed by atoms with Gasteiger partial charge in [-0.15, -0.1) is 0 Å². The van der Waals surface area contributed by atoms with Crippen molar-refractivity contribution in [1.29, 1.82) is 0 Å². The Morgan fingerprint density at radius 3 is 2.44 bits per heavy atom. The number of para-hydroxylation sites is 2. The van der Waals surface area contributed by atoms with Crippen molar-refractivity contribution in [2.75, 3.05) is 18.4 Å². The lowest BCUT2D eigenvalue weighted by molar-refractivity contribution is -0.130. The van der Waals surface area contributed by atoms with Gasteiger partial charge in [0.2, 0.25) is 11.8 Å². The van der Waals surface area contributed by atoms with Gasteiger partial charge in [0.25, 0.3) is 0 Å². The van der Waals surface area contributed by atoms with Gasteiger partial charge in [-0.05, 0) is 37.1 Å². The molecule has 1 saturated heterocycles. The van der Waals surface area contributed by atoms with Crippen molar-refractivity contribution in [3.63, 3.8) is 0 Å². The van der Waals surface area contributed by atoms with E-state index < -0.39 is 0 Å². The van der Waals surface area contributed by atoms with Crippen molar-refractivity contribution >= 4 is 23.6 Å². The molecule has 0 spiro atoms. The number of phenols is 1. The van der Waals surface area contributed by atoms with E-state index in [-0.39, 0.29) is 29.3 Å². The lowest BCUT2D eigenvalue weighted by Crippen LogP contribution is -2.40. The van der Waals surface area contributed by atoms with E-state index in [0.29, 0.717) is 37.2 Å². The molecule has 3 rings (SSSR count). The SMILES string of the molecule is O=C(Nc1ccccc1O)C1CCN(C(=O)/C=C/c2ccccc2F)CC1. The van der Waals surface area contributed by atoms with Gasteiger partial charge in [0.05, 0.1) is 5.69 Å². The summed E-state index contributed by atoms with van der Waals surface area (Å²) in [6, 6.07) is 12.8. The van der Waals surface area contributed by atoms with E-state index in [1.54, 1.807) is 41.3 Å². The van der Waals surface area contributed by atoms with Gasteiger partial charge in [-0.3, -0.25) is 9.59 Å². The van der Waals surface area contributed by atoms with Crippen molar-refractivity contribution in [2.24, 2.45) is 5.92 Å². The minimum absolute atomic E-state index is 0.0248. The number of phenolic OH excluding ortho intramolecular Hbond substituents is 1. The number of rotatable bonds is 4. The molecule has 6 heteroatoms. The number of aromatic hydroxyl groups is 1. The predicted octanol–water partition coefficient (Wildman–Crippen LogP) is 3.42. The molecule has 1 heterocycles. The molecule has 140 valence electrons. The minimum atomic E-state index is -0.374. The second kappa shape index (κ2) is 8.49. The molecule has 1 aliphatic rings. The Balaban J connectivity index is 1.52. The van der Waals surface area contributed by atoms with Crippen LogP contribution < -0.4 is 5.32 Å². The highest BCUT2D eigenvalue weighted by Gasteiger charge is 2.27. The van der Waals surface area contributed by atoms with Gasteiger partial charge in [0.15, 0.2) is 0 Å². The molecule has 2 aromatic rings. The average Bonchev–Trinajstić information content (AvgIpc) is 2.69. The predicted molar refractivity (Wildman–Crippen MR) is 101 cm³/mol. The molecule has 1 aliphatic heterocycles. The highest BCUT2D eigenvalue weighted by Crippen LogP contribution is 2.25. The van der Waals surface area contributed by atoms with Crippen LogP contribution in [0.5, 0.6) is 5.75 Å². The maximum atomic E-state index is 13.6. The Kier molecular flexibility index (Phi) is 5.86. The molecular formula is C21H21FN2O3. The molecule has 1 fully saturated rings. The summed E-state index contributed by atoms with van der Waals surface area (Å²) < 4.78 is 13.6. The van der Waals surface area contributed by atoms with E-state index >= 15 is 0 Å². The third kappa shape index (κ3) is 4.73. The van der Waals surface area contributed by atoms with Crippen LogP contribution in [0.25, 0.3) is 6.08 Å². The monoisotopic (exact) mass is 368 g/mol. The van der Waals surface area contributed by atoms with E-state index in [9.17, 15) is 19.1 Å². The van der Waals surface area contributed by atoms with Crippen LogP contribution in [0.3, 0.4) is 0 Å². The van der Waals surface area contributed by atoms with E-state index in [1.165, 1.54) is 24.3 Å². The molecule has 0 radical (unpaired) electrons. The first-order valence-electron chi connectivity index (χ1n) is 8.85. The van der Waals surface area contributed by atoms with Gasteiger partial charge in [-0.2, -0.15) is 0 Å². The molecule has 0 aliphatic carbocycles. The van der Waals surface area contributed by atoms with Gasteiger partial charge < -0.3 is 15.3 Å². The van der Waals surface area contributed by atoms with E-state index in [0.717, 1.165) is 0 Å². The molecular weight excluding hydrogens is 347 g/mol. The van der Waals surface area contributed by atoms with Crippen molar-refractivity contribution in [1.82, 2.24) is 4.90 Å². The molecule has 0 unspecified atom stereocenters. The summed E-state index contributed by atoms with van der Waals surface area (Å²) in [5, 5.41) is 12.5. The molecule has 2 aromatic carbocycles. The third-order valence-electron chi connectivity index (χ3n) is 4.65. The number of amides is 2.